The van der Waals surface area contributed by atoms with E-state index in [4.69, 9.17) is 0 Å². The van der Waals surface area contributed by atoms with E-state index in [-0.39, 0.29) is 23.9 Å². The number of rotatable bonds is 8. The number of nitrogens with zero attached hydrogens (tertiary/aromatic N) is 2. The number of carbonyl (C=O) groups is 3. The normalized spacial score (nSPS) is 21.9. The van der Waals surface area contributed by atoms with E-state index in [0.29, 0.717) is 25.9 Å². The monoisotopic (exact) mass is 412 g/mol. The van der Waals surface area contributed by atoms with Crippen LogP contribution in [0.1, 0.15) is 63.0 Å². The van der Waals surface area contributed by atoms with E-state index in [2.05, 4.69) is 27.7 Å². The number of urea groups is 1. The molecule has 0 bridgehead atoms. The maximum Gasteiger partial charge on any atom is 0.325 e. The quantitative estimate of drug-likeness (QED) is 0.643. The van der Waals surface area contributed by atoms with Crippen LogP contribution in [0.4, 0.5) is 4.79 Å². The number of benzene rings is 1. The van der Waals surface area contributed by atoms with Crippen molar-refractivity contribution in [2.24, 2.45) is 0 Å². The van der Waals surface area contributed by atoms with E-state index in [0.717, 1.165) is 38.8 Å². The molecule has 0 unspecified atom stereocenters. The van der Waals surface area contributed by atoms with Crippen molar-refractivity contribution in [2.45, 2.75) is 62.9 Å². The molecule has 162 valence electrons. The Bertz CT molecular complexity index is 770. The minimum Gasteiger partial charge on any atom is -0.354 e. The van der Waals surface area contributed by atoms with Gasteiger partial charge in [-0.2, -0.15) is 0 Å². The maximum absolute atomic E-state index is 12.7. The van der Waals surface area contributed by atoms with Gasteiger partial charge in [0.05, 0.1) is 6.04 Å². The van der Waals surface area contributed by atoms with Crippen LogP contribution < -0.4 is 10.6 Å². The summed E-state index contributed by atoms with van der Waals surface area (Å²) in [4.78, 5) is 41.1. The van der Waals surface area contributed by atoms with Crippen molar-refractivity contribution in [2.75, 3.05) is 26.2 Å². The largest absolute Gasteiger partial charge is 0.354 e. The molecule has 1 saturated carbocycles. The molecule has 7 nitrogen and oxygen atoms in total. The van der Waals surface area contributed by atoms with Gasteiger partial charge in [-0.05, 0) is 50.8 Å². The molecular weight excluding hydrogens is 380 g/mol. The molecule has 0 radical (unpaired) electrons. The van der Waals surface area contributed by atoms with Crippen LogP contribution in [0.25, 0.3) is 0 Å². The van der Waals surface area contributed by atoms with Gasteiger partial charge in [0.15, 0.2) is 0 Å². The van der Waals surface area contributed by atoms with Crippen molar-refractivity contribution in [3.63, 3.8) is 0 Å². The van der Waals surface area contributed by atoms with Gasteiger partial charge in [-0.3, -0.25) is 19.4 Å². The van der Waals surface area contributed by atoms with Gasteiger partial charge in [-0.15, -0.1) is 0 Å². The Morgan fingerprint density at radius 1 is 1.07 bits per heavy atom. The fourth-order valence-corrected chi connectivity index (χ4v) is 5.08. The van der Waals surface area contributed by atoms with Crippen molar-refractivity contribution < 1.29 is 14.4 Å². The standard InChI is InChI=1S/C23H32N4O3/c28-20(11-8-16-27-21(29)23(25-22(27)30)12-4-5-13-23)24-17-19(26-14-6-7-15-26)18-9-2-1-3-10-18/h1-3,9-10,19H,4-8,11-17H2,(H,24,28)(H,25,30)/t19-/m0/s1. The van der Waals surface area contributed by atoms with Gasteiger partial charge in [-0.25, -0.2) is 4.79 Å². The molecule has 1 aliphatic carbocycles. The van der Waals surface area contributed by atoms with E-state index in [1.54, 1.807) is 0 Å². The molecule has 4 rings (SSSR count). The summed E-state index contributed by atoms with van der Waals surface area (Å²) in [5.74, 6) is -0.138. The third-order valence-electron chi connectivity index (χ3n) is 6.75. The highest BCUT2D eigenvalue weighted by atomic mass is 16.2. The molecule has 3 fully saturated rings. The number of carbonyl (C=O) groups excluding carboxylic acids is 3. The molecule has 2 heterocycles. The summed E-state index contributed by atoms with van der Waals surface area (Å²) in [5, 5.41) is 5.96. The topological polar surface area (TPSA) is 81.8 Å². The molecular formula is C23H32N4O3. The molecule has 4 amide bonds. The molecule has 3 aliphatic rings. The summed E-state index contributed by atoms with van der Waals surface area (Å²) in [6.45, 7) is 3.00. The summed E-state index contributed by atoms with van der Waals surface area (Å²) in [6, 6.07) is 10.2. The minimum absolute atomic E-state index is 0.0299. The van der Waals surface area contributed by atoms with E-state index >= 15 is 0 Å². The van der Waals surface area contributed by atoms with Crippen molar-refractivity contribution in [1.82, 2.24) is 20.4 Å². The Hall–Kier alpha value is -2.41. The highest BCUT2D eigenvalue weighted by molar-refractivity contribution is 6.07. The summed E-state index contributed by atoms with van der Waals surface area (Å²) in [5.41, 5.74) is 0.554. The van der Waals surface area contributed by atoms with Crippen LogP contribution in [-0.4, -0.2) is 59.4 Å². The lowest BCUT2D eigenvalue weighted by molar-refractivity contribution is -0.131. The summed E-state index contributed by atoms with van der Waals surface area (Å²) >= 11 is 0. The highest BCUT2D eigenvalue weighted by Gasteiger charge is 2.52. The molecule has 2 aliphatic heterocycles. The number of likely N-dealkylation sites (tertiary alicyclic amines) is 1. The zero-order valence-electron chi connectivity index (χ0n) is 17.6. The second-order valence-corrected chi connectivity index (χ2v) is 8.75. The average Bonchev–Trinajstić information content (AvgIpc) is 3.48. The van der Waals surface area contributed by atoms with Crippen molar-refractivity contribution in [3.8, 4) is 0 Å². The molecule has 1 aromatic carbocycles. The Kier molecular flexibility index (Phi) is 6.37. The third-order valence-corrected chi connectivity index (χ3v) is 6.75. The smallest absolute Gasteiger partial charge is 0.325 e. The lowest BCUT2D eigenvalue weighted by atomic mass is 9.98. The molecule has 7 heteroatoms. The van der Waals surface area contributed by atoms with Crippen LogP contribution in [0.5, 0.6) is 0 Å². The predicted octanol–water partition coefficient (Wildman–Crippen LogP) is 2.58. The van der Waals surface area contributed by atoms with E-state index < -0.39 is 5.54 Å². The molecule has 2 saturated heterocycles. The first-order valence-corrected chi connectivity index (χ1v) is 11.3. The fourth-order valence-electron chi connectivity index (χ4n) is 5.08. The Balaban J connectivity index is 1.25. The number of amides is 4. The zero-order chi connectivity index (χ0) is 21.0. The first-order chi connectivity index (χ1) is 14.6. The van der Waals surface area contributed by atoms with Crippen LogP contribution in [0.3, 0.4) is 0 Å². The van der Waals surface area contributed by atoms with E-state index in [9.17, 15) is 14.4 Å². The predicted molar refractivity (Wildman–Crippen MR) is 114 cm³/mol. The second kappa shape index (κ2) is 9.16. The molecule has 1 aromatic rings. The number of hydrogen-bond acceptors (Lipinski definition) is 4. The Morgan fingerprint density at radius 3 is 2.47 bits per heavy atom. The van der Waals surface area contributed by atoms with Crippen LogP contribution in [-0.2, 0) is 9.59 Å². The van der Waals surface area contributed by atoms with Crippen molar-refractivity contribution >= 4 is 17.8 Å². The molecule has 2 N–H and O–H groups in total. The minimum atomic E-state index is -0.669. The van der Waals surface area contributed by atoms with Crippen LogP contribution in [0.2, 0.25) is 0 Å². The van der Waals surface area contributed by atoms with Crippen LogP contribution in [0.15, 0.2) is 30.3 Å². The Morgan fingerprint density at radius 2 is 1.77 bits per heavy atom. The third kappa shape index (κ3) is 4.36. The highest BCUT2D eigenvalue weighted by Crippen LogP contribution is 2.35. The molecule has 1 spiro atoms. The Labute approximate surface area is 178 Å². The fraction of sp³-hybridized carbons (Fsp3) is 0.609. The summed E-state index contributed by atoms with van der Waals surface area (Å²) in [6.07, 6.45) is 6.60. The van der Waals surface area contributed by atoms with Crippen LogP contribution >= 0.6 is 0 Å². The van der Waals surface area contributed by atoms with Gasteiger partial charge in [0.2, 0.25) is 5.91 Å². The van der Waals surface area contributed by atoms with Gasteiger partial charge in [0.1, 0.15) is 5.54 Å². The SMILES string of the molecule is O=C(CCCN1C(=O)NC2(CCCC2)C1=O)NC[C@@H](c1ccccc1)N1CCCC1. The number of nitrogens with one attached hydrogen (secondary N) is 2. The van der Waals surface area contributed by atoms with Crippen molar-refractivity contribution in [1.29, 1.82) is 0 Å². The van der Waals surface area contributed by atoms with Gasteiger partial charge in [-0.1, -0.05) is 43.2 Å². The van der Waals surface area contributed by atoms with E-state index in [1.165, 1.54) is 23.3 Å². The van der Waals surface area contributed by atoms with Gasteiger partial charge >= 0.3 is 6.03 Å². The van der Waals surface area contributed by atoms with E-state index in [1.807, 2.05) is 18.2 Å². The van der Waals surface area contributed by atoms with Crippen molar-refractivity contribution in [3.05, 3.63) is 35.9 Å². The summed E-state index contributed by atoms with van der Waals surface area (Å²) in [7, 11) is 0. The number of hydrogen-bond donors (Lipinski definition) is 2. The lowest BCUT2D eigenvalue weighted by Gasteiger charge is -2.28. The van der Waals surface area contributed by atoms with Gasteiger partial charge in [0.25, 0.3) is 5.91 Å². The van der Waals surface area contributed by atoms with Gasteiger partial charge in [0, 0.05) is 19.5 Å². The number of imide groups is 1. The zero-order valence-corrected chi connectivity index (χ0v) is 17.6. The molecule has 0 aromatic heterocycles. The maximum atomic E-state index is 12.7. The first-order valence-electron chi connectivity index (χ1n) is 11.3. The second-order valence-electron chi connectivity index (χ2n) is 8.75. The molecule has 1 atom stereocenters. The average molecular weight is 413 g/mol. The van der Waals surface area contributed by atoms with Crippen LogP contribution in [0, 0.1) is 0 Å². The molecule has 30 heavy (non-hydrogen) atoms. The first kappa shape index (κ1) is 20.8. The lowest BCUT2D eigenvalue weighted by Crippen LogP contribution is -2.44. The summed E-state index contributed by atoms with van der Waals surface area (Å²) < 4.78 is 0. The van der Waals surface area contributed by atoms with Gasteiger partial charge < -0.3 is 10.6 Å².